The SMILES string of the molecule is CCCCOCN(C(=O)CCl)c1cc(CC)ccc1CC. The molecular weight excluding hydrogens is 286 g/mol. The molecule has 1 amide bonds. The van der Waals surface area contributed by atoms with Gasteiger partial charge in [-0.25, -0.2) is 0 Å². The van der Waals surface area contributed by atoms with Crippen molar-refractivity contribution in [3.63, 3.8) is 0 Å². The van der Waals surface area contributed by atoms with Gasteiger partial charge in [-0.05, 0) is 36.5 Å². The number of unbranched alkanes of at least 4 members (excludes halogenated alkanes) is 1. The molecule has 0 bridgehead atoms. The van der Waals surface area contributed by atoms with Gasteiger partial charge in [0.15, 0.2) is 0 Å². The van der Waals surface area contributed by atoms with Gasteiger partial charge in [0.2, 0.25) is 5.91 Å². The highest BCUT2D eigenvalue weighted by Crippen LogP contribution is 2.24. The van der Waals surface area contributed by atoms with Gasteiger partial charge in [-0.2, -0.15) is 0 Å². The summed E-state index contributed by atoms with van der Waals surface area (Å²) in [5, 5.41) is 0. The molecule has 0 unspecified atom stereocenters. The number of halogens is 1. The second-order valence-electron chi connectivity index (χ2n) is 5.02. The molecule has 0 N–H and O–H groups in total. The minimum atomic E-state index is -0.115. The van der Waals surface area contributed by atoms with Crippen molar-refractivity contribution in [3.8, 4) is 0 Å². The van der Waals surface area contributed by atoms with Crippen molar-refractivity contribution in [2.24, 2.45) is 0 Å². The summed E-state index contributed by atoms with van der Waals surface area (Å²) in [6.07, 6.45) is 3.89. The summed E-state index contributed by atoms with van der Waals surface area (Å²) in [4.78, 5) is 13.8. The number of anilines is 1. The molecule has 1 aromatic rings. The van der Waals surface area contributed by atoms with Gasteiger partial charge in [0.25, 0.3) is 0 Å². The predicted molar refractivity (Wildman–Crippen MR) is 89.1 cm³/mol. The van der Waals surface area contributed by atoms with Crippen molar-refractivity contribution < 1.29 is 9.53 Å². The lowest BCUT2D eigenvalue weighted by Gasteiger charge is -2.25. The van der Waals surface area contributed by atoms with Crippen LogP contribution in [0.5, 0.6) is 0 Å². The molecule has 118 valence electrons. The molecule has 21 heavy (non-hydrogen) atoms. The maximum Gasteiger partial charge on any atom is 0.243 e. The van der Waals surface area contributed by atoms with E-state index in [1.165, 1.54) is 5.56 Å². The zero-order valence-electron chi connectivity index (χ0n) is 13.3. The Balaban J connectivity index is 2.98. The first kappa shape index (κ1) is 18.0. The molecule has 0 saturated heterocycles. The number of amides is 1. The van der Waals surface area contributed by atoms with Gasteiger partial charge in [0.05, 0.1) is 0 Å². The fourth-order valence-corrected chi connectivity index (χ4v) is 2.27. The molecule has 1 rings (SSSR count). The molecule has 1 aromatic carbocycles. The van der Waals surface area contributed by atoms with Crippen LogP contribution < -0.4 is 4.90 Å². The number of hydrogen-bond acceptors (Lipinski definition) is 2. The fourth-order valence-electron chi connectivity index (χ4n) is 2.13. The number of aryl methyl sites for hydroxylation is 2. The summed E-state index contributed by atoms with van der Waals surface area (Å²) < 4.78 is 5.63. The topological polar surface area (TPSA) is 29.5 Å². The molecule has 0 atom stereocenters. The van der Waals surface area contributed by atoms with E-state index in [0.717, 1.165) is 36.9 Å². The third kappa shape index (κ3) is 5.33. The lowest BCUT2D eigenvalue weighted by Crippen LogP contribution is -2.35. The van der Waals surface area contributed by atoms with Crippen molar-refractivity contribution in [3.05, 3.63) is 29.3 Å². The number of hydrogen-bond donors (Lipinski definition) is 0. The van der Waals surface area contributed by atoms with Crippen LogP contribution in [0.2, 0.25) is 0 Å². The van der Waals surface area contributed by atoms with Gasteiger partial charge in [0.1, 0.15) is 12.6 Å². The highest BCUT2D eigenvalue weighted by atomic mass is 35.5. The van der Waals surface area contributed by atoms with E-state index in [4.69, 9.17) is 16.3 Å². The van der Waals surface area contributed by atoms with Gasteiger partial charge < -0.3 is 4.74 Å². The minimum Gasteiger partial charge on any atom is -0.361 e. The summed E-state index contributed by atoms with van der Waals surface area (Å²) in [5.74, 6) is -0.146. The number of carbonyl (C=O) groups excluding carboxylic acids is 1. The Labute approximate surface area is 133 Å². The average Bonchev–Trinajstić information content (AvgIpc) is 2.53. The van der Waals surface area contributed by atoms with Crippen molar-refractivity contribution in [1.82, 2.24) is 0 Å². The molecule has 0 fully saturated rings. The van der Waals surface area contributed by atoms with Crippen molar-refractivity contribution in [1.29, 1.82) is 0 Å². The number of benzene rings is 1. The van der Waals surface area contributed by atoms with E-state index in [0.29, 0.717) is 6.61 Å². The van der Waals surface area contributed by atoms with E-state index in [9.17, 15) is 4.79 Å². The second-order valence-corrected chi connectivity index (χ2v) is 5.28. The summed E-state index contributed by atoms with van der Waals surface area (Å²) in [7, 11) is 0. The van der Waals surface area contributed by atoms with Gasteiger partial charge in [-0.3, -0.25) is 9.69 Å². The van der Waals surface area contributed by atoms with Crippen LogP contribution in [0, 0.1) is 0 Å². The first-order valence-corrected chi connectivity index (χ1v) is 8.27. The van der Waals surface area contributed by atoms with Crippen LogP contribution in [0.15, 0.2) is 18.2 Å². The Morgan fingerprint density at radius 1 is 1.24 bits per heavy atom. The fraction of sp³-hybridized carbons (Fsp3) is 0.588. The van der Waals surface area contributed by atoms with Crippen LogP contribution in [0.1, 0.15) is 44.7 Å². The Bertz CT molecular complexity index is 448. The lowest BCUT2D eigenvalue weighted by atomic mass is 10.0. The van der Waals surface area contributed by atoms with Crippen LogP contribution >= 0.6 is 11.6 Å². The van der Waals surface area contributed by atoms with E-state index in [1.54, 1.807) is 4.90 Å². The highest BCUT2D eigenvalue weighted by Gasteiger charge is 2.18. The Hall–Kier alpha value is -1.06. The van der Waals surface area contributed by atoms with E-state index < -0.39 is 0 Å². The summed E-state index contributed by atoms with van der Waals surface area (Å²) in [6, 6.07) is 6.28. The summed E-state index contributed by atoms with van der Waals surface area (Å²) in [6.45, 7) is 7.25. The smallest absolute Gasteiger partial charge is 0.243 e. The largest absolute Gasteiger partial charge is 0.361 e. The third-order valence-electron chi connectivity index (χ3n) is 3.51. The molecule has 3 nitrogen and oxygen atoms in total. The quantitative estimate of drug-likeness (QED) is 0.389. The van der Waals surface area contributed by atoms with E-state index >= 15 is 0 Å². The molecule has 0 aliphatic rings. The molecule has 0 spiro atoms. The molecule has 0 saturated carbocycles. The van der Waals surface area contributed by atoms with Crippen LogP contribution in [0.4, 0.5) is 5.69 Å². The normalized spacial score (nSPS) is 10.7. The predicted octanol–water partition coefficient (Wildman–Crippen LogP) is 4.16. The lowest BCUT2D eigenvalue weighted by molar-refractivity contribution is -0.117. The molecule has 0 radical (unpaired) electrons. The van der Waals surface area contributed by atoms with Gasteiger partial charge in [-0.1, -0.05) is 39.3 Å². The first-order chi connectivity index (χ1) is 10.2. The van der Waals surface area contributed by atoms with Crippen LogP contribution in [-0.2, 0) is 22.4 Å². The number of ether oxygens (including phenoxy) is 1. The van der Waals surface area contributed by atoms with E-state index in [2.05, 4.69) is 39.0 Å². The number of nitrogens with zero attached hydrogens (tertiary/aromatic N) is 1. The summed E-state index contributed by atoms with van der Waals surface area (Å²) in [5.41, 5.74) is 3.28. The highest BCUT2D eigenvalue weighted by molar-refractivity contribution is 6.29. The van der Waals surface area contributed by atoms with Gasteiger partial charge in [0, 0.05) is 12.3 Å². The van der Waals surface area contributed by atoms with Crippen LogP contribution in [0.3, 0.4) is 0 Å². The average molecular weight is 312 g/mol. The van der Waals surface area contributed by atoms with Gasteiger partial charge >= 0.3 is 0 Å². The van der Waals surface area contributed by atoms with E-state index in [1.807, 2.05) is 0 Å². The summed E-state index contributed by atoms with van der Waals surface area (Å²) >= 11 is 5.76. The Kier molecular flexibility index (Phi) is 8.40. The van der Waals surface area contributed by atoms with Crippen LogP contribution in [0.25, 0.3) is 0 Å². The monoisotopic (exact) mass is 311 g/mol. The maximum atomic E-state index is 12.2. The van der Waals surface area contributed by atoms with E-state index in [-0.39, 0.29) is 18.5 Å². The maximum absolute atomic E-state index is 12.2. The number of carbonyl (C=O) groups is 1. The van der Waals surface area contributed by atoms with Crippen LogP contribution in [-0.4, -0.2) is 25.1 Å². The standard InChI is InChI=1S/C17H26ClNO2/c1-4-7-10-21-13-19(17(20)12-18)16-11-14(5-2)8-9-15(16)6-3/h8-9,11H,4-7,10,12-13H2,1-3H3. The van der Waals surface area contributed by atoms with Crippen molar-refractivity contribution in [2.75, 3.05) is 24.1 Å². The second kappa shape index (κ2) is 9.80. The van der Waals surface area contributed by atoms with Crippen molar-refractivity contribution in [2.45, 2.75) is 46.5 Å². The molecular formula is C17H26ClNO2. The molecule has 4 heteroatoms. The van der Waals surface area contributed by atoms with Crippen molar-refractivity contribution >= 4 is 23.2 Å². The minimum absolute atomic E-state index is 0.0311. The third-order valence-corrected chi connectivity index (χ3v) is 3.74. The number of alkyl halides is 1. The zero-order chi connectivity index (χ0) is 15.7. The Morgan fingerprint density at radius 2 is 2.00 bits per heavy atom. The van der Waals surface area contributed by atoms with Gasteiger partial charge in [-0.15, -0.1) is 11.6 Å². The number of rotatable bonds is 9. The molecule has 0 aliphatic carbocycles. The Morgan fingerprint density at radius 3 is 2.57 bits per heavy atom. The molecule has 0 aromatic heterocycles. The molecule has 0 aliphatic heterocycles. The first-order valence-electron chi connectivity index (χ1n) is 7.73. The molecule has 0 heterocycles. The zero-order valence-corrected chi connectivity index (χ0v) is 14.1.